The van der Waals surface area contributed by atoms with Gasteiger partial charge >= 0.3 is 0 Å². The van der Waals surface area contributed by atoms with E-state index in [9.17, 15) is 4.79 Å². The quantitative estimate of drug-likeness (QED) is 0.880. The van der Waals surface area contributed by atoms with Crippen LogP contribution in [-0.2, 0) is 6.54 Å². The van der Waals surface area contributed by atoms with Crippen molar-refractivity contribution in [3.8, 4) is 0 Å². The van der Waals surface area contributed by atoms with Crippen molar-refractivity contribution < 1.29 is 0 Å². The lowest BCUT2D eigenvalue weighted by Gasteiger charge is -2.22. The van der Waals surface area contributed by atoms with Crippen molar-refractivity contribution >= 4 is 17.0 Å². The van der Waals surface area contributed by atoms with Crippen LogP contribution in [0.5, 0.6) is 0 Å². The molecule has 1 aliphatic carbocycles. The molecule has 0 aromatic carbocycles. The maximum Gasteiger partial charge on any atom is 0.252 e. The third kappa shape index (κ3) is 3.27. The number of hydrogen-bond acceptors (Lipinski definition) is 5. The predicted octanol–water partition coefficient (Wildman–Crippen LogP) is 1.88. The predicted molar refractivity (Wildman–Crippen MR) is 88.0 cm³/mol. The fourth-order valence-electron chi connectivity index (χ4n) is 3.04. The van der Waals surface area contributed by atoms with Crippen LogP contribution in [0.3, 0.4) is 0 Å². The lowest BCUT2D eigenvalue weighted by atomic mass is 9.96. The minimum atomic E-state index is -0.0386. The Hall–Kier alpha value is -1.95. The summed E-state index contributed by atoms with van der Waals surface area (Å²) in [6, 6.07) is 3.79. The summed E-state index contributed by atoms with van der Waals surface area (Å²) in [5.41, 5.74) is 6.21. The number of hydrogen-bond donors (Lipinski definition) is 2. The van der Waals surface area contributed by atoms with Crippen LogP contribution >= 0.6 is 0 Å². The molecule has 2 aromatic heterocycles. The van der Waals surface area contributed by atoms with Crippen molar-refractivity contribution in [2.24, 2.45) is 5.73 Å². The fourth-order valence-corrected chi connectivity index (χ4v) is 3.04. The van der Waals surface area contributed by atoms with Crippen molar-refractivity contribution in [1.82, 2.24) is 14.5 Å². The SMILES string of the molecule is NCCCn1c(=O)ccc2cnc(NC3CCCCC3)nc21. The highest BCUT2D eigenvalue weighted by molar-refractivity contribution is 5.75. The second-order valence-corrected chi connectivity index (χ2v) is 5.92. The maximum atomic E-state index is 12.1. The van der Waals surface area contributed by atoms with Gasteiger partial charge in [-0.1, -0.05) is 19.3 Å². The number of aryl methyl sites for hydroxylation is 1. The second-order valence-electron chi connectivity index (χ2n) is 5.92. The lowest BCUT2D eigenvalue weighted by Crippen LogP contribution is -2.25. The molecule has 3 rings (SSSR count). The van der Waals surface area contributed by atoms with Crippen molar-refractivity contribution in [2.75, 3.05) is 11.9 Å². The van der Waals surface area contributed by atoms with Gasteiger partial charge in [0.15, 0.2) is 0 Å². The lowest BCUT2D eigenvalue weighted by molar-refractivity contribution is 0.461. The molecule has 6 heteroatoms. The molecule has 0 atom stereocenters. The van der Waals surface area contributed by atoms with E-state index in [2.05, 4.69) is 15.3 Å². The first kappa shape index (κ1) is 15.0. The highest BCUT2D eigenvalue weighted by Crippen LogP contribution is 2.20. The number of nitrogens with one attached hydrogen (secondary N) is 1. The molecule has 2 aromatic rings. The molecule has 0 unspecified atom stereocenters. The molecule has 0 bridgehead atoms. The van der Waals surface area contributed by atoms with Gasteiger partial charge in [-0.2, -0.15) is 4.98 Å². The number of fused-ring (bicyclic) bond motifs is 1. The summed E-state index contributed by atoms with van der Waals surface area (Å²) in [5.74, 6) is 0.617. The van der Waals surface area contributed by atoms with Gasteiger partial charge < -0.3 is 11.1 Å². The molecule has 0 saturated heterocycles. The Balaban J connectivity index is 1.90. The van der Waals surface area contributed by atoms with Crippen LogP contribution in [0.4, 0.5) is 5.95 Å². The summed E-state index contributed by atoms with van der Waals surface area (Å²) in [6.07, 6.45) is 8.70. The zero-order chi connectivity index (χ0) is 15.4. The summed E-state index contributed by atoms with van der Waals surface area (Å²) in [5, 5.41) is 4.29. The van der Waals surface area contributed by atoms with Gasteiger partial charge in [-0.3, -0.25) is 9.36 Å². The Labute approximate surface area is 129 Å². The summed E-state index contributed by atoms with van der Waals surface area (Å²) in [7, 11) is 0. The van der Waals surface area contributed by atoms with Gasteiger partial charge in [-0.15, -0.1) is 0 Å². The normalized spacial score (nSPS) is 16.0. The molecule has 3 N–H and O–H groups in total. The Morgan fingerprint density at radius 3 is 2.86 bits per heavy atom. The standard InChI is InChI=1S/C16H23N5O/c17-9-4-10-21-14(22)8-7-12-11-18-16(20-15(12)21)19-13-5-2-1-3-6-13/h7-8,11,13H,1-6,9-10,17H2,(H,18,19,20). The molecule has 0 radical (unpaired) electrons. The zero-order valence-corrected chi connectivity index (χ0v) is 12.8. The van der Waals surface area contributed by atoms with Crippen molar-refractivity contribution in [2.45, 2.75) is 51.1 Å². The van der Waals surface area contributed by atoms with Crippen LogP contribution in [0, 0.1) is 0 Å². The van der Waals surface area contributed by atoms with Gasteiger partial charge in [0.2, 0.25) is 5.95 Å². The summed E-state index contributed by atoms with van der Waals surface area (Å²) < 4.78 is 1.69. The molecule has 0 spiro atoms. The summed E-state index contributed by atoms with van der Waals surface area (Å²) >= 11 is 0. The van der Waals surface area contributed by atoms with Crippen molar-refractivity contribution in [3.63, 3.8) is 0 Å². The number of anilines is 1. The average Bonchev–Trinajstić information content (AvgIpc) is 2.55. The first-order valence-electron chi connectivity index (χ1n) is 8.11. The van der Waals surface area contributed by atoms with E-state index in [1.54, 1.807) is 22.9 Å². The largest absolute Gasteiger partial charge is 0.351 e. The Morgan fingerprint density at radius 2 is 2.09 bits per heavy atom. The second kappa shape index (κ2) is 6.87. The van der Waals surface area contributed by atoms with Crippen molar-refractivity contribution in [3.05, 3.63) is 28.7 Å². The number of rotatable bonds is 5. The first-order chi connectivity index (χ1) is 10.8. The molecule has 0 aliphatic heterocycles. The molecule has 0 amide bonds. The average molecular weight is 301 g/mol. The summed E-state index contributed by atoms with van der Waals surface area (Å²) in [4.78, 5) is 21.1. The zero-order valence-electron chi connectivity index (χ0n) is 12.8. The fraction of sp³-hybridized carbons (Fsp3) is 0.562. The Bertz CT molecular complexity index is 690. The Kier molecular flexibility index (Phi) is 4.68. The smallest absolute Gasteiger partial charge is 0.252 e. The van der Waals surface area contributed by atoms with Crippen LogP contribution in [0.25, 0.3) is 11.0 Å². The monoisotopic (exact) mass is 301 g/mol. The molecule has 2 heterocycles. The third-order valence-electron chi connectivity index (χ3n) is 4.25. The van der Waals surface area contributed by atoms with E-state index in [4.69, 9.17) is 5.73 Å². The molecular formula is C16H23N5O. The topological polar surface area (TPSA) is 85.8 Å². The van der Waals surface area contributed by atoms with Crippen LogP contribution in [0.15, 0.2) is 23.1 Å². The van der Waals surface area contributed by atoms with E-state index in [1.807, 2.05) is 0 Å². The van der Waals surface area contributed by atoms with Crippen LogP contribution in [0.1, 0.15) is 38.5 Å². The number of nitrogens with two attached hydrogens (primary N) is 1. The van der Waals surface area contributed by atoms with E-state index >= 15 is 0 Å². The molecule has 1 saturated carbocycles. The van der Waals surface area contributed by atoms with E-state index in [0.29, 0.717) is 30.7 Å². The van der Waals surface area contributed by atoms with Gasteiger partial charge in [0.05, 0.1) is 0 Å². The number of aromatic nitrogens is 3. The van der Waals surface area contributed by atoms with Crippen LogP contribution < -0.4 is 16.6 Å². The van der Waals surface area contributed by atoms with E-state index in [1.165, 1.54) is 19.3 Å². The van der Waals surface area contributed by atoms with Gasteiger partial charge in [0.1, 0.15) is 5.65 Å². The van der Waals surface area contributed by atoms with Crippen molar-refractivity contribution in [1.29, 1.82) is 0 Å². The minimum Gasteiger partial charge on any atom is -0.351 e. The van der Waals surface area contributed by atoms with E-state index in [-0.39, 0.29) is 5.56 Å². The Morgan fingerprint density at radius 1 is 1.27 bits per heavy atom. The summed E-state index contributed by atoms with van der Waals surface area (Å²) in [6.45, 7) is 1.15. The van der Waals surface area contributed by atoms with Gasteiger partial charge in [-0.05, 0) is 31.9 Å². The van der Waals surface area contributed by atoms with Gasteiger partial charge in [0.25, 0.3) is 5.56 Å². The number of pyridine rings is 1. The molecule has 22 heavy (non-hydrogen) atoms. The highest BCUT2D eigenvalue weighted by Gasteiger charge is 2.14. The molecule has 6 nitrogen and oxygen atoms in total. The molecule has 1 fully saturated rings. The first-order valence-corrected chi connectivity index (χ1v) is 8.11. The van der Waals surface area contributed by atoms with E-state index in [0.717, 1.165) is 24.6 Å². The third-order valence-corrected chi connectivity index (χ3v) is 4.25. The molecular weight excluding hydrogens is 278 g/mol. The highest BCUT2D eigenvalue weighted by atomic mass is 16.1. The van der Waals surface area contributed by atoms with E-state index < -0.39 is 0 Å². The molecule has 118 valence electrons. The number of nitrogens with zero attached hydrogens (tertiary/aromatic N) is 3. The minimum absolute atomic E-state index is 0.0386. The van der Waals surface area contributed by atoms with Crippen LogP contribution in [0.2, 0.25) is 0 Å². The maximum absolute atomic E-state index is 12.1. The van der Waals surface area contributed by atoms with Gasteiger partial charge in [0, 0.05) is 30.2 Å². The van der Waals surface area contributed by atoms with Gasteiger partial charge in [-0.25, -0.2) is 4.98 Å². The van der Waals surface area contributed by atoms with Crippen LogP contribution in [-0.4, -0.2) is 27.1 Å². The molecule has 1 aliphatic rings.